The summed E-state index contributed by atoms with van der Waals surface area (Å²) < 4.78 is 0. The largest absolute Gasteiger partial charge is 0.396 e. The summed E-state index contributed by atoms with van der Waals surface area (Å²) in [6.07, 6.45) is 0.731. The first-order valence-corrected chi connectivity index (χ1v) is 7.15. The van der Waals surface area contributed by atoms with E-state index in [2.05, 4.69) is 49.5 Å². The Morgan fingerprint density at radius 1 is 1.00 bits per heavy atom. The first-order valence-electron chi connectivity index (χ1n) is 7.15. The summed E-state index contributed by atoms with van der Waals surface area (Å²) in [6.45, 7) is 5.26. The molecule has 2 rings (SSSR count). The molecule has 0 saturated heterocycles. The average Bonchev–Trinajstić information content (AvgIpc) is 2.43. The van der Waals surface area contributed by atoms with Crippen molar-refractivity contribution in [3.63, 3.8) is 0 Å². The van der Waals surface area contributed by atoms with Gasteiger partial charge in [0.2, 0.25) is 0 Å². The Hall–Kier alpha value is -1.64. The van der Waals surface area contributed by atoms with E-state index in [-0.39, 0.29) is 12.6 Å². The molecule has 0 aliphatic carbocycles. The highest BCUT2D eigenvalue weighted by molar-refractivity contribution is 5.28. The molecule has 106 valence electrons. The van der Waals surface area contributed by atoms with Crippen molar-refractivity contribution >= 4 is 0 Å². The van der Waals surface area contributed by atoms with Crippen LogP contribution >= 0.6 is 0 Å². The molecule has 2 heteroatoms. The zero-order valence-electron chi connectivity index (χ0n) is 12.3. The predicted octanol–water partition coefficient (Wildman–Crippen LogP) is 3.52. The molecule has 0 spiro atoms. The van der Waals surface area contributed by atoms with Gasteiger partial charge in [-0.3, -0.25) is 0 Å². The van der Waals surface area contributed by atoms with Crippen molar-refractivity contribution in [1.82, 2.24) is 5.32 Å². The maximum atomic E-state index is 9.24. The fourth-order valence-electron chi connectivity index (χ4n) is 2.61. The zero-order chi connectivity index (χ0) is 14.4. The van der Waals surface area contributed by atoms with Crippen molar-refractivity contribution in [2.24, 2.45) is 0 Å². The van der Waals surface area contributed by atoms with Crippen LogP contribution in [0.2, 0.25) is 0 Å². The Morgan fingerprint density at radius 3 is 2.25 bits per heavy atom. The van der Waals surface area contributed by atoms with Gasteiger partial charge in [-0.15, -0.1) is 0 Å². The minimum atomic E-state index is 0.194. The van der Waals surface area contributed by atoms with Gasteiger partial charge in [0.25, 0.3) is 0 Å². The summed E-state index contributed by atoms with van der Waals surface area (Å²) >= 11 is 0. The van der Waals surface area contributed by atoms with Crippen LogP contribution < -0.4 is 5.32 Å². The van der Waals surface area contributed by atoms with E-state index in [1.54, 1.807) is 0 Å². The minimum absolute atomic E-state index is 0.194. The van der Waals surface area contributed by atoms with E-state index in [0.29, 0.717) is 0 Å². The number of hydrogen-bond donors (Lipinski definition) is 2. The molecule has 0 saturated carbocycles. The van der Waals surface area contributed by atoms with E-state index in [4.69, 9.17) is 0 Å². The molecule has 0 heterocycles. The molecule has 0 aromatic heterocycles. The van der Waals surface area contributed by atoms with Crippen LogP contribution in [0, 0.1) is 13.8 Å². The average molecular weight is 269 g/mol. The van der Waals surface area contributed by atoms with Gasteiger partial charge in [-0.1, -0.05) is 59.7 Å². The highest BCUT2D eigenvalue weighted by Crippen LogP contribution is 2.17. The van der Waals surface area contributed by atoms with Crippen molar-refractivity contribution in [3.8, 4) is 0 Å². The lowest BCUT2D eigenvalue weighted by Crippen LogP contribution is -2.22. The standard InChI is InChI=1S/C18H23NO/c1-14-10-15(2)12-16(11-14)13-19-18(8-9-20)17-6-4-3-5-7-17/h3-7,10-12,18-20H,8-9,13H2,1-2H3/t18-/m1/s1. The number of aliphatic hydroxyl groups excluding tert-OH is 1. The highest BCUT2D eigenvalue weighted by Gasteiger charge is 2.10. The number of aliphatic hydroxyl groups is 1. The lowest BCUT2D eigenvalue weighted by atomic mass is 10.0. The van der Waals surface area contributed by atoms with E-state index in [0.717, 1.165) is 13.0 Å². The molecule has 0 aliphatic heterocycles. The van der Waals surface area contributed by atoms with Crippen LogP contribution in [0.15, 0.2) is 48.5 Å². The van der Waals surface area contributed by atoms with Crippen molar-refractivity contribution in [2.45, 2.75) is 32.9 Å². The van der Waals surface area contributed by atoms with Gasteiger partial charge in [-0.05, 0) is 31.4 Å². The number of hydrogen-bond acceptors (Lipinski definition) is 2. The molecular weight excluding hydrogens is 246 g/mol. The van der Waals surface area contributed by atoms with E-state index >= 15 is 0 Å². The molecule has 0 amide bonds. The van der Waals surface area contributed by atoms with Crippen LogP contribution in [0.5, 0.6) is 0 Å². The number of nitrogens with one attached hydrogen (secondary N) is 1. The predicted molar refractivity (Wildman–Crippen MR) is 83.6 cm³/mol. The van der Waals surface area contributed by atoms with Gasteiger partial charge in [-0.2, -0.15) is 0 Å². The molecule has 0 fully saturated rings. The van der Waals surface area contributed by atoms with Gasteiger partial charge in [0, 0.05) is 19.2 Å². The molecule has 20 heavy (non-hydrogen) atoms. The van der Waals surface area contributed by atoms with Gasteiger partial charge in [-0.25, -0.2) is 0 Å². The molecule has 0 radical (unpaired) electrons. The summed E-state index contributed by atoms with van der Waals surface area (Å²) in [5, 5.41) is 12.8. The summed E-state index contributed by atoms with van der Waals surface area (Å²) in [5.74, 6) is 0. The third-order valence-electron chi connectivity index (χ3n) is 3.45. The fourth-order valence-corrected chi connectivity index (χ4v) is 2.61. The van der Waals surface area contributed by atoms with E-state index in [1.807, 2.05) is 18.2 Å². The van der Waals surface area contributed by atoms with Crippen molar-refractivity contribution < 1.29 is 5.11 Å². The van der Waals surface area contributed by atoms with Gasteiger partial charge < -0.3 is 10.4 Å². The van der Waals surface area contributed by atoms with Crippen LogP contribution in [-0.2, 0) is 6.54 Å². The summed E-state index contributed by atoms with van der Waals surface area (Å²) in [6, 6.07) is 17.1. The first-order chi connectivity index (χ1) is 9.69. The maximum absolute atomic E-state index is 9.24. The lowest BCUT2D eigenvalue weighted by molar-refractivity contribution is 0.265. The second-order valence-corrected chi connectivity index (χ2v) is 5.35. The van der Waals surface area contributed by atoms with Crippen LogP contribution in [0.25, 0.3) is 0 Å². The Labute approximate surface area is 121 Å². The van der Waals surface area contributed by atoms with Crippen molar-refractivity contribution in [3.05, 3.63) is 70.8 Å². The molecule has 0 unspecified atom stereocenters. The molecule has 2 aromatic carbocycles. The number of benzene rings is 2. The van der Waals surface area contributed by atoms with E-state index in [1.165, 1.54) is 22.3 Å². The molecular formula is C18H23NO. The summed E-state index contributed by atoms with van der Waals surface area (Å²) in [5.41, 5.74) is 5.10. The molecule has 1 atom stereocenters. The third-order valence-corrected chi connectivity index (χ3v) is 3.45. The lowest BCUT2D eigenvalue weighted by Gasteiger charge is -2.18. The third kappa shape index (κ3) is 4.19. The van der Waals surface area contributed by atoms with Crippen molar-refractivity contribution in [1.29, 1.82) is 0 Å². The van der Waals surface area contributed by atoms with E-state index in [9.17, 15) is 5.11 Å². The molecule has 2 nitrogen and oxygen atoms in total. The van der Waals surface area contributed by atoms with Crippen LogP contribution in [-0.4, -0.2) is 11.7 Å². The topological polar surface area (TPSA) is 32.3 Å². The van der Waals surface area contributed by atoms with Crippen LogP contribution in [0.3, 0.4) is 0 Å². The normalized spacial score (nSPS) is 12.3. The van der Waals surface area contributed by atoms with Crippen LogP contribution in [0.1, 0.15) is 34.7 Å². The first kappa shape index (κ1) is 14.8. The summed E-state index contributed by atoms with van der Waals surface area (Å²) in [7, 11) is 0. The molecule has 2 aromatic rings. The highest BCUT2D eigenvalue weighted by atomic mass is 16.3. The Balaban J connectivity index is 2.05. The van der Waals surface area contributed by atoms with Gasteiger partial charge in [0.05, 0.1) is 0 Å². The number of rotatable bonds is 6. The monoisotopic (exact) mass is 269 g/mol. The quantitative estimate of drug-likeness (QED) is 0.841. The fraction of sp³-hybridized carbons (Fsp3) is 0.333. The Bertz CT molecular complexity index is 516. The Morgan fingerprint density at radius 2 is 1.65 bits per heavy atom. The second-order valence-electron chi connectivity index (χ2n) is 5.35. The van der Waals surface area contributed by atoms with Gasteiger partial charge in [0.15, 0.2) is 0 Å². The zero-order valence-corrected chi connectivity index (χ0v) is 12.3. The van der Waals surface area contributed by atoms with Gasteiger partial charge >= 0.3 is 0 Å². The Kier molecular flexibility index (Phi) is 5.33. The number of aryl methyl sites for hydroxylation is 2. The second kappa shape index (κ2) is 7.22. The molecule has 2 N–H and O–H groups in total. The SMILES string of the molecule is Cc1cc(C)cc(CN[C@H](CCO)c2ccccc2)c1. The smallest absolute Gasteiger partial charge is 0.0449 e. The minimum Gasteiger partial charge on any atom is -0.396 e. The maximum Gasteiger partial charge on any atom is 0.0449 e. The van der Waals surface area contributed by atoms with Crippen LogP contribution in [0.4, 0.5) is 0 Å². The van der Waals surface area contributed by atoms with Gasteiger partial charge in [0.1, 0.15) is 0 Å². The molecule has 0 aliphatic rings. The van der Waals surface area contributed by atoms with Crippen molar-refractivity contribution in [2.75, 3.05) is 6.61 Å². The molecule has 0 bridgehead atoms. The summed E-state index contributed by atoms with van der Waals surface area (Å²) in [4.78, 5) is 0. The van der Waals surface area contributed by atoms with E-state index < -0.39 is 0 Å².